The van der Waals surface area contributed by atoms with E-state index in [1.807, 2.05) is 26.0 Å². The van der Waals surface area contributed by atoms with E-state index in [0.29, 0.717) is 11.8 Å². The number of benzene rings is 1. The van der Waals surface area contributed by atoms with Crippen LogP contribution in [0.1, 0.15) is 45.6 Å². The first-order valence-corrected chi connectivity index (χ1v) is 9.37. The fourth-order valence-electron chi connectivity index (χ4n) is 2.88. The van der Waals surface area contributed by atoms with Crippen LogP contribution in [-0.2, 0) is 11.0 Å². The molecule has 0 saturated carbocycles. The van der Waals surface area contributed by atoms with E-state index in [1.54, 1.807) is 0 Å². The van der Waals surface area contributed by atoms with Crippen LogP contribution in [0.3, 0.4) is 0 Å². The van der Waals surface area contributed by atoms with E-state index in [1.165, 1.54) is 17.6 Å². The van der Waals surface area contributed by atoms with Gasteiger partial charge in [-0.1, -0.05) is 25.1 Å². The van der Waals surface area contributed by atoms with Crippen molar-refractivity contribution >= 4 is 22.2 Å². The largest absolute Gasteiger partial charge is 0.399 e. The van der Waals surface area contributed by atoms with Crippen molar-refractivity contribution in [2.45, 2.75) is 45.3 Å². The Morgan fingerprint density at radius 3 is 2.50 bits per heavy atom. The molecule has 0 aromatic heterocycles. The average Bonchev–Trinajstić information content (AvgIpc) is 2.53. The average molecular weight is 321 g/mol. The van der Waals surface area contributed by atoms with Gasteiger partial charge in [-0.25, -0.2) is 8.93 Å². The quantitative estimate of drug-likeness (QED) is 0.784. The zero-order valence-electron chi connectivity index (χ0n) is 13.8. The maximum absolute atomic E-state index is 11.8. The normalized spacial score (nSPS) is 21.5. The van der Waals surface area contributed by atoms with Crippen LogP contribution in [-0.4, -0.2) is 16.0 Å². The Morgan fingerprint density at radius 1 is 1.27 bits per heavy atom. The Bertz CT molecular complexity index is 537. The molecule has 3 atom stereocenters. The maximum atomic E-state index is 11.8. The minimum absolute atomic E-state index is 0.176. The highest BCUT2D eigenvalue weighted by atomic mass is 32.2. The van der Waals surface area contributed by atoms with Crippen molar-refractivity contribution in [3.05, 3.63) is 35.9 Å². The van der Waals surface area contributed by atoms with Crippen LogP contribution in [0.25, 0.3) is 5.57 Å². The minimum atomic E-state index is -0.913. The molecule has 1 aliphatic rings. The zero-order chi connectivity index (χ0) is 16.1. The van der Waals surface area contributed by atoms with Crippen LogP contribution in [0.4, 0.5) is 5.69 Å². The first-order valence-electron chi connectivity index (χ1n) is 8.16. The molecule has 0 aliphatic heterocycles. The van der Waals surface area contributed by atoms with E-state index < -0.39 is 11.0 Å². The number of hydrogen-bond donors (Lipinski definition) is 2. The van der Waals surface area contributed by atoms with Crippen LogP contribution in [0.2, 0.25) is 0 Å². The lowest BCUT2D eigenvalue weighted by molar-refractivity contribution is 0.335. The minimum Gasteiger partial charge on any atom is -0.399 e. The van der Waals surface area contributed by atoms with Gasteiger partial charge in [0.2, 0.25) is 0 Å². The summed E-state index contributed by atoms with van der Waals surface area (Å²) in [6.45, 7) is 7.06. The number of rotatable bonds is 6. The molecule has 0 heterocycles. The van der Waals surface area contributed by atoms with Crippen molar-refractivity contribution < 1.29 is 4.21 Å². The van der Waals surface area contributed by atoms with Crippen molar-refractivity contribution in [2.24, 2.45) is 11.8 Å². The molecule has 0 spiro atoms. The van der Waals surface area contributed by atoms with Gasteiger partial charge in [0, 0.05) is 17.5 Å². The molecular formula is C18H28N2OS. The molecule has 0 fully saturated rings. The molecule has 1 aromatic rings. The first kappa shape index (κ1) is 17.2. The molecule has 0 radical (unpaired) electrons. The number of nitrogens with one attached hydrogen (secondary N) is 1. The highest BCUT2D eigenvalue weighted by molar-refractivity contribution is 7.83. The van der Waals surface area contributed by atoms with Gasteiger partial charge in [0.1, 0.15) is 0 Å². The number of anilines is 1. The van der Waals surface area contributed by atoms with E-state index in [0.717, 1.165) is 25.1 Å². The van der Waals surface area contributed by atoms with Crippen LogP contribution >= 0.6 is 0 Å². The van der Waals surface area contributed by atoms with Gasteiger partial charge < -0.3 is 5.73 Å². The smallest absolute Gasteiger partial charge is 0.0941 e. The third-order valence-electron chi connectivity index (χ3n) is 4.51. The summed E-state index contributed by atoms with van der Waals surface area (Å²) in [7, 11) is -0.913. The summed E-state index contributed by atoms with van der Waals surface area (Å²) in [6.07, 6.45) is 5.80. The maximum Gasteiger partial charge on any atom is 0.0941 e. The Balaban J connectivity index is 1.87. The van der Waals surface area contributed by atoms with Crippen LogP contribution in [0, 0.1) is 11.8 Å². The van der Waals surface area contributed by atoms with E-state index in [9.17, 15) is 4.21 Å². The molecular weight excluding hydrogens is 292 g/mol. The highest BCUT2D eigenvalue weighted by Gasteiger charge is 2.21. The summed E-state index contributed by atoms with van der Waals surface area (Å²) in [5, 5.41) is 0.176. The number of allylic oxidation sites excluding steroid dienone is 2. The van der Waals surface area contributed by atoms with Gasteiger partial charge in [0.15, 0.2) is 0 Å². The Labute approximate surface area is 137 Å². The van der Waals surface area contributed by atoms with E-state index in [-0.39, 0.29) is 5.25 Å². The number of nitrogen functional groups attached to an aromatic ring is 1. The lowest BCUT2D eigenvalue weighted by atomic mass is 9.80. The SMILES string of the molecule is CC(CNS(=O)C(C)C)C1CC=C(c2ccc(N)cc2)CC1. The second-order valence-corrected chi connectivity index (χ2v) is 8.38. The number of nitrogens with two attached hydrogens (primary N) is 1. The summed E-state index contributed by atoms with van der Waals surface area (Å²) in [5.41, 5.74) is 9.28. The fourth-order valence-corrected chi connectivity index (χ4v) is 3.64. The second-order valence-electron chi connectivity index (χ2n) is 6.56. The third kappa shape index (κ3) is 4.68. The molecule has 0 bridgehead atoms. The molecule has 22 heavy (non-hydrogen) atoms. The number of hydrogen-bond acceptors (Lipinski definition) is 2. The lowest BCUT2D eigenvalue weighted by Crippen LogP contribution is -2.31. The van der Waals surface area contributed by atoms with Crippen molar-refractivity contribution in [2.75, 3.05) is 12.3 Å². The molecule has 3 nitrogen and oxygen atoms in total. The summed E-state index contributed by atoms with van der Waals surface area (Å²) < 4.78 is 14.9. The lowest BCUT2D eigenvalue weighted by Gasteiger charge is -2.28. The summed E-state index contributed by atoms with van der Waals surface area (Å²) in [4.78, 5) is 0. The molecule has 122 valence electrons. The predicted molar refractivity (Wildman–Crippen MR) is 96.6 cm³/mol. The Kier molecular flexibility index (Phi) is 6.21. The van der Waals surface area contributed by atoms with E-state index in [2.05, 4.69) is 29.9 Å². The van der Waals surface area contributed by atoms with Gasteiger partial charge in [0.05, 0.1) is 11.0 Å². The van der Waals surface area contributed by atoms with Crippen molar-refractivity contribution in [1.29, 1.82) is 0 Å². The molecule has 3 N–H and O–H groups in total. The van der Waals surface area contributed by atoms with Gasteiger partial charge in [-0.3, -0.25) is 0 Å². The molecule has 3 unspecified atom stereocenters. The first-order chi connectivity index (χ1) is 10.5. The molecule has 0 amide bonds. The van der Waals surface area contributed by atoms with Crippen molar-refractivity contribution in [1.82, 2.24) is 4.72 Å². The summed E-state index contributed by atoms with van der Waals surface area (Å²) in [6, 6.07) is 8.16. The molecule has 1 aromatic carbocycles. The van der Waals surface area contributed by atoms with Crippen LogP contribution < -0.4 is 10.5 Å². The Morgan fingerprint density at radius 2 is 1.95 bits per heavy atom. The van der Waals surface area contributed by atoms with Crippen molar-refractivity contribution in [3.8, 4) is 0 Å². The fraction of sp³-hybridized carbons (Fsp3) is 0.556. The highest BCUT2D eigenvalue weighted by Crippen LogP contribution is 2.34. The van der Waals surface area contributed by atoms with Crippen molar-refractivity contribution in [3.63, 3.8) is 0 Å². The molecule has 1 aliphatic carbocycles. The topological polar surface area (TPSA) is 55.1 Å². The van der Waals surface area contributed by atoms with E-state index in [4.69, 9.17) is 5.73 Å². The monoisotopic (exact) mass is 320 g/mol. The van der Waals surface area contributed by atoms with E-state index >= 15 is 0 Å². The summed E-state index contributed by atoms with van der Waals surface area (Å²) >= 11 is 0. The van der Waals surface area contributed by atoms with Gasteiger partial charge >= 0.3 is 0 Å². The van der Waals surface area contributed by atoms with Crippen LogP contribution in [0.5, 0.6) is 0 Å². The van der Waals surface area contributed by atoms with Gasteiger partial charge in [-0.05, 0) is 68.2 Å². The molecule has 0 saturated heterocycles. The van der Waals surface area contributed by atoms with Gasteiger partial charge in [-0.2, -0.15) is 0 Å². The molecule has 2 rings (SSSR count). The zero-order valence-corrected chi connectivity index (χ0v) is 14.7. The van der Waals surface area contributed by atoms with Gasteiger partial charge in [0.25, 0.3) is 0 Å². The summed E-state index contributed by atoms with van der Waals surface area (Å²) in [5.74, 6) is 1.22. The predicted octanol–water partition coefficient (Wildman–Crippen LogP) is 3.75. The second kappa shape index (κ2) is 7.93. The van der Waals surface area contributed by atoms with Gasteiger partial charge in [-0.15, -0.1) is 0 Å². The molecule has 4 heteroatoms. The standard InChI is InChI=1S/C18H28N2OS/c1-13(2)22(21)20-12-14(3)15-4-6-16(7-5-15)17-8-10-18(19)11-9-17/h6,8-11,13-15,20H,4-5,7,12,19H2,1-3H3. The Hall–Kier alpha value is -1.13. The third-order valence-corrected chi connectivity index (χ3v) is 5.82. The van der Waals surface area contributed by atoms with Crippen LogP contribution in [0.15, 0.2) is 30.3 Å².